The smallest absolute Gasteiger partial charge is 0.251 e. The number of carbonyl (C=O) groups excluding carboxylic acids is 1. The molecule has 0 bridgehead atoms. The molecule has 2 aliphatic rings. The van der Waals surface area contributed by atoms with Gasteiger partial charge in [-0.3, -0.25) is 9.69 Å². The Hall–Kier alpha value is -0.700. The summed E-state index contributed by atoms with van der Waals surface area (Å²) in [5.41, 5.74) is 1.05. The second kappa shape index (κ2) is 1.64. The third kappa shape index (κ3) is 0.612. The van der Waals surface area contributed by atoms with E-state index in [0.29, 0.717) is 0 Å². The number of allylic oxidation sites excluding steroid dienone is 1. The highest BCUT2D eigenvalue weighted by molar-refractivity contribution is 8.02. The number of rotatable bonds is 0. The topological polar surface area (TPSA) is 20.3 Å². The quantitative estimate of drug-likeness (QED) is 0.497. The van der Waals surface area contributed by atoms with Gasteiger partial charge in [0.2, 0.25) is 0 Å². The number of thioether (sulfide) groups is 1. The summed E-state index contributed by atoms with van der Waals surface area (Å²) in [4.78, 5) is 12.6. The molecule has 0 atom stereocenters. The second-order valence-electron chi connectivity index (χ2n) is 1.94. The molecule has 0 radical (unpaired) electrons. The Bertz CT molecular complexity index is 216. The number of carbonyl (C=O) groups is 1. The van der Waals surface area contributed by atoms with Gasteiger partial charge in [0.15, 0.2) is 0 Å². The summed E-state index contributed by atoms with van der Waals surface area (Å²) in [7, 11) is 0. The van der Waals surface area contributed by atoms with Gasteiger partial charge in [-0.05, 0) is 11.5 Å². The Kier molecular flexibility index (Phi) is 0.931. The van der Waals surface area contributed by atoms with E-state index in [1.54, 1.807) is 22.7 Å². The van der Waals surface area contributed by atoms with E-state index in [2.05, 4.69) is 0 Å². The first kappa shape index (κ1) is 5.11. The molecule has 0 N–H and O–H groups in total. The Labute approximate surface area is 57.2 Å². The van der Waals surface area contributed by atoms with Crippen LogP contribution in [0.3, 0.4) is 0 Å². The number of amides is 1. The highest BCUT2D eigenvalue weighted by Crippen LogP contribution is 2.27. The van der Waals surface area contributed by atoms with Crippen molar-refractivity contribution in [2.24, 2.45) is 0 Å². The van der Waals surface area contributed by atoms with Crippen molar-refractivity contribution in [2.45, 2.75) is 0 Å². The van der Waals surface area contributed by atoms with E-state index in [9.17, 15) is 4.79 Å². The zero-order chi connectivity index (χ0) is 6.27. The van der Waals surface area contributed by atoms with E-state index >= 15 is 0 Å². The Morgan fingerprint density at radius 1 is 1.56 bits per heavy atom. The zero-order valence-electron chi connectivity index (χ0n) is 4.70. The first-order valence-corrected chi connectivity index (χ1v) is 3.74. The van der Waals surface area contributed by atoms with Crippen LogP contribution in [-0.2, 0) is 4.79 Å². The van der Waals surface area contributed by atoms with E-state index < -0.39 is 0 Å². The van der Waals surface area contributed by atoms with Crippen LogP contribution in [0.4, 0.5) is 0 Å². The van der Waals surface area contributed by atoms with Gasteiger partial charge in [-0.1, -0.05) is 0 Å². The third-order valence-corrected chi connectivity index (χ3v) is 2.20. The average Bonchev–Trinajstić information content (AvgIpc) is 2.35. The molecule has 0 aromatic heterocycles. The number of hydrogen-bond acceptors (Lipinski definition) is 2. The Balaban J connectivity index is 2.39. The summed E-state index contributed by atoms with van der Waals surface area (Å²) in [6.07, 6.45) is 3.45. The van der Waals surface area contributed by atoms with Crippen molar-refractivity contribution in [1.82, 2.24) is 4.90 Å². The minimum atomic E-state index is 0.117. The van der Waals surface area contributed by atoms with Crippen LogP contribution in [0.25, 0.3) is 0 Å². The summed E-state index contributed by atoms with van der Waals surface area (Å²) in [5.74, 6) is 0.910. The van der Waals surface area contributed by atoms with Gasteiger partial charge in [-0.25, -0.2) is 0 Å². The molecule has 2 nitrogen and oxygen atoms in total. The van der Waals surface area contributed by atoms with Gasteiger partial charge in [0.05, 0.1) is 11.6 Å². The molecule has 0 spiro atoms. The highest BCUT2D eigenvalue weighted by atomic mass is 32.2. The summed E-state index contributed by atoms with van der Waals surface area (Å²) in [5, 5.41) is 2.00. The van der Waals surface area contributed by atoms with Gasteiger partial charge in [-0.15, -0.1) is 11.8 Å². The lowest BCUT2D eigenvalue weighted by atomic mass is 10.5. The average molecular weight is 139 g/mol. The van der Waals surface area contributed by atoms with Crippen LogP contribution in [0.2, 0.25) is 0 Å². The lowest BCUT2D eigenvalue weighted by molar-refractivity contribution is -0.122. The largest absolute Gasteiger partial charge is 0.298 e. The van der Waals surface area contributed by atoms with E-state index in [1.807, 2.05) is 11.5 Å². The van der Waals surface area contributed by atoms with Crippen LogP contribution in [-0.4, -0.2) is 16.7 Å². The maximum atomic E-state index is 10.8. The predicted molar refractivity (Wildman–Crippen MR) is 36.5 cm³/mol. The van der Waals surface area contributed by atoms with Crippen LogP contribution < -0.4 is 0 Å². The van der Waals surface area contributed by atoms with E-state index in [1.165, 1.54) is 0 Å². The van der Waals surface area contributed by atoms with Gasteiger partial charge >= 0.3 is 0 Å². The monoisotopic (exact) mass is 139 g/mol. The first-order chi connectivity index (χ1) is 4.38. The SMILES string of the molecule is O=C1C=CC2=CSCN12. The van der Waals surface area contributed by atoms with E-state index in [-0.39, 0.29) is 5.91 Å². The summed E-state index contributed by atoms with van der Waals surface area (Å²) < 4.78 is 0. The van der Waals surface area contributed by atoms with Gasteiger partial charge in [0.25, 0.3) is 5.91 Å². The standard InChI is InChI=1S/C6H5NOS/c8-6-2-1-5-3-9-4-7(5)6/h1-3H,4H2. The van der Waals surface area contributed by atoms with E-state index in [0.717, 1.165) is 11.6 Å². The molecule has 0 saturated carbocycles. The van der Waals surface area contributed by atoms with Crippen molar-refractivity contribution in [3.63, 3.8) is 0 Å². The zero-order valence-corrected chi connectivity index (χ0v) is 5.52. The van der Waals surface area contributed by atoms with Crippen molar-refractivity contribution in [3.05, 3.63) is 23.3 Å². The molecular weight excluding hydrogens is 134 g/mol. The molecule has 0 aliphatic carbocycles. The fourth-order valence-electron chi connectivity index (χ4n) is 0.902. The minimum absolute atomic E-state index is 0.117. The fourth-order valence-corrected chi connectivity index (χ4v) is 1.78. The van der Waals surface area contributed by atoms with Crippen molar-refractivity contribution >= 4 is 17.7 Å². The highest BCUT2D eigenvalue weighted by Gasteiger charge is 2.23. The van der Waals surface area contributed by atoms with Crippen LogP contribution in [0.5, 0.6) is 0 Å². The number of fused-ring (bicyclic) bond motifs is 1. The molecule has 0 aromatic rings. The van der Waals surface area contributed by atoms with Crippen molar-refractivity contribution in [1.29, 1.82) is 0 Å². The molecule has 2 rings (SSSR count). The van der Waals surface area contributed by atoms with Crippen LogP contribution >= 0.6 is 11.8 Å². The molecule has 0 fully saturated rings. The molecule has 2 aliphatic heterocycles. The molecule has 9 heavy (non-hydrogen) atoms. The Morgan fingerprint density at radius 3 is 3.22 bits per heavy atom. The molecule has 0 saturated heterocycles. The molecule has 0 unspecified atom stereocenters. The lowest BCUT2D eigenvalue weighted by Gasteiger charge is -2.07. The van der Waals surface area contributed by atoms with Crippen molar-refractivity contribution in [3.8, 4) is 0 Å². The molecule has 3 heteroatoms. The fraction of sp³-hybridized carbons (Fsp3) is 0.167. The lowest BCUT2D eigenvalue weighted by Crippen LogP contribution is -2.19. The van der Waals surface area contributed by atoms with Gasteiger partial charge in [0.1, 0.15) is 0 Å². The molecule has 2 heterocycles. The minimum Gasteiger partial charge on any atom is -0.298 e. The Morgan fingerprint density at radius 2 is 2.44 bits per heavy atom. The van der Waals surface area contributed by atoms with Crippen molar-refractivity contribution in [2.75, 3.05) is 5.88 Å². The molecule has 1 amide bonds. The summed E-state index contributed by atoms with van der Waals surface area (Å²) in [6.45, 7) is 0. The predicted octanol–water partition coefficient (Wildman–Crippen LogP) is 0.930. The molecule has 46 valence electrons. The normalized spacial score (nSPS) is 22.9. The number of hydrogen-bond donors (Lipinski definition) is 0. The molecule has 0 aromatic carbocycles. The summed E-state index contributed by atoms with van der Waals surface area (Å²) in [6, 6.07) is 0. The van der Waals surface area contributed by atoms with Gasteiger partial charge < -0.3 is 0 Å². The van der Waals surface area contributed by atoms with Gasteiger partial charge in [0, 0.05) is 6.08 Å². The second-order valence-corrected chi connectivity index (χ2v) is 2.77. The van der Waals surface area contributed by atoms with Crippen LogP contribution in [0.15, 0.2) is 23.3 Å². The maximum absolute atomic E-state index is 10.8. The van der Waals surface area contributed by atoms with E-state index in [4.69, 9.17) is 0 Å². The maximum Gasteiger partial charge on any atom is 0.251 e. The van der Waals surface area contributed by atoms with Crippen molar-refractivity contribution < 1.29 is 4.79 Å². The summed E-state index contributed by atoms with van der Waals surface area (Å²) >= 11 is 1.66. The van der Waals surface area contributed by atoms with Gasteiger partial charge in [-0.2, -0.15) is 0 Å². The van der Waals surface area contributed by atoms with Crippen LogP contribution in [0, 0.1) is 0 Å². The molecular formula is C6H5NOS. The third-order valence-electron chi connectivity index (χ3n) is 1.38. The van der Waals surface area contributed by atoms with Crippen LogP contribution in [0.1, 0.15) is 0 Å². The number of nitrogens with zero attached hydrogens (tertiary/aromatic N) is 1. The first-order valence-electron chi connectivity index (χ1n) is 2.69.